The first kappa shape index (κ1) is 24.7. The monoisotopic (exact) mass is 502 g/mol. The van der Waals surface area contributed by atoms with Gasteiger partial charge in [0, 0.05) is 19.2 Å². The van der Waals surface area contributed by atoms with Crippen molar-refractivity contribution in [2.24, 2.45) is 17.8 Å². The van der Waals surface area contributed by atoms with Crippen LogP contribution < -0.4 is 9.46 Å². The Labute approximate surface area is 200 Å². The lowest BCUT2D eigenvalue weighted by Gasteiger charge is -2.39. The molecule has 33 heavy (non-hydrogen) atoms. The number of nitrogens with one attached hydrogen (secondary N) is 1. The van der Waals surface area contributed by atoms with E-state index in [2.05, 4.69) is 0 Å². The van der Waals surface area contributed by atoms with Gasteiger partial charge in [0.05, 0.1) is 30.4 Å². The average molecular weight is 503 g/mol. The molecule has 10 heteroatoms. The summed E-state index contributed by atoms with van der Waals surface area (Å²) in [6.07, 6.45) is 10.1. The number of fused-ring (bicyclic) bond motifs is 2. The SMILES string of the molecule is O=C(NS(=O)(=O)N1CCOCC1)c1cc(Cl)c(OCCCC2CC3CCCC(C2)C3)cc1F. The van der Waals surface area contributed by atoms with Gasteiger partial charge < -0.3 is 9.47 Å². The third-order valence-electron chi connectivity index (χ3n) is 7.04. The fourth-order valence-corrected chi connectivity index (χ4v) is 6.82. The normalized spacial score (nSPS) is 26.1. The first-order valence-corrected chi connectivity index (χ1v) is 13.7. The zero-order valence-corrected chi connectivity index (χ0v) is 20.3. The maximum Gasteiger partial charge on any atom is 0.304 e. The van der Waals surface area contributed by atoms with Crippen molar-refractivity contribution in [1.82, 2.24) is 9.03 Å². The van der Waals surface area contributed by atoms with Gasteiger partial charge in [0.15, 0.2) is 0 Å². The van der Waals surface area contributed by atoms with Gasteiger partial charge in [-0.2, -0.15) is 12.7 Å². The fourth-order valence-electron chi connectivity index (χ4n) is 5.50. The number of morpholine rings is 1. The zero-order chi connectivity index (χ0) is 23.4. The van der Waals surface area contributed by atoms with Crippen molar-refractivity contribution in [3.63, 3.8) is 0 Å². The summed E-state index contributed by atoms with van der Waals surface area (Å²) < 4.78 is 53.1. The highest BCUT2D eigenvalue weighted by Gasteiger charge is 2.31. The van der Waals surface area contributed by atoms with Crippen LogP contribution in [-0.4, -0.2) is 51.5 Å². The van der Waals surface area contributed by atoms with E-state index >= 15 is 0 Å². The van der Waals surface area contributed by atoms with Gasteiger partial charge in [-0.15, -0.1) is 0 Å². The van der Waals surface area contributed by atoms with Crippen molar-refractivity contribution in [3.8, 4) is 5.75 Å². The molecular weight excluding hydrogens is 471 g/mol. The summed E-state index contributed by atoms with van der Waals surface area (Å²) in [6.45, 7) is 1.15. The standard InChI is InChI=1S/C23H32ClFN2O5S/c24-20-14-19(23(28)26-33(29,30)27-6-9-31-10-7-27)21(25)15-22(20)32-8-2-5-18-12-16-3-1-4-17(11-16)13-18/h14-18H,1-13H2,(H,26,28). The zero-order valence-electron chi connectivity index (χ0n) is 18.7. The first-order valence-electron chi connectivity index (χ1n) is 11.8. The molecule has 3 aliphatic rings. The molecule has 4 rings (SSSR count). The Morgan fingerprint density at radius 1 is 1.18 bits per heavy atom. The van der Waals surface area contributed by atoms with Crippen LogP contribution in [0.4, 0.5) is 4.39 Å². The summed E-state index contributed by atoms with van der Waals surface area (Å²) in [5.41, 5.74) is -0.446. The lowest BCUT2D eigenvalue weighted by atomic mass is 9.67. The van der Waals surface area contributed by atoms with E-state index in [4.69, 9.17) is 21.1 Å². The molecule has 2 bridgehead atoms. The largest absolute Gasteiger partial charge is 0.492 e. The first-order chi connectivity index (χ1) is 15.8. The van der Waals surface area contributed by atoms with Crippen LogP contribution in [0.1, 0.15) is 61.7 Å². The second-order valence-corrected chi connectivity index (χ2v) is 11.5. The molecule has 3 fully saturated rings. The summed E-state index contributed by atoms with van der Waals surface area (Å²) in [7, 11) is -4.09. The number of rotatable bonds is 8. The Bertz CT molecular complexity index is 942. The van der Waals surface area contributed by atoms with Crippen LogP contribution in [0.2, 0.25) is 5.02 Å². The third kappa shape index (κ3) is 6.38. The predicted octanol–water partition coefficient (Wildman–Crippen LogP) is 4.16. The number of amides is 1. The molecule has 2 unspecified atom stereocenters. The minimum absolute atomic E-state index is 0.0671. The number of ether oxygens (including phenoxy) is 2. The third-order valence-corrected chi connectivity index (χ3v) is 8.82. The summed E-state index contributed by atoms with van der Waals surface area (Å²) in [6, 6.07) is 2.16. The van der Waals surface area contributed by atoms with E-state index in [0.29, 0.717) is 6.61 Å². The Hall–Kier alpha value is -1.42. The molecule has 2 aliphatic carbocycles. The topological polar surface area (TPSA) is 84.9 Å². The molecule has 2 saturated carbocycles. The Balaban J connectivity index is 1.29. The van der Waals surface area contributed by atoms with Crippen molar-refractivity contribution in [1.29, 1.82) is 0 Å². The molecule has 1 heterocycles. The van der Waals surface area contributed by atoms with E-state index in [1.165, 1.54) is 38.5 Å². The van der Waals surface area contributed by atoms with Crippen LogP contribution in [0.25, 0.3) is 0 Å². The van der Waals surface area contributed by atoms with Crippen LogP contribution in [0.3, 0.4) is 0 Å². The highest BCUT2D eigenvalue weighted by molar-refractivity contribution is 7.87. The minimum Gasteiger partial charge on any atom is -0.492 e. The van der Waals surface area contributed by atoms with E-state index in [-0.39, 0.29) is 37.1 Å². The van der Waals surface area contributed by atoms with Gasteiger partial charge in [-0.05, 0) is 55.9 Å². The molecule has 1 aromatic carbocycles. The second kappa shape index (κ2) is 10.9. The number of benzene rings is 1. The van der Waals surface area contributed by atoms with Gasteiger partial charge in [-0.1, -0.05) is 30.9 Å². The highest BCUT2D eigenvalue weighted by Crippen LogP contribution is 2.43. The average Bonchev–Trinajstić information content (AvgIpc) is 2.78. The molecule has 1 amide bonds. The Morgan fingerprint density at radius 2 is 1.88 bits per heavy atom. The quantitative estimate of drug-likeness (QED) is 0.539. The van der Waals surface area contributed by atoms with Crippen molar-refractivity contribution < 1.29 is 27.1 Å². The summed E-state index contributed by atoms with van der Waals surface area (Å²) in [5.74, 6) is 0.710. The van der Waals surface area contributed by atoms with Crippen LogP contribution in [-0.2, 0) is 14.9 Å². The van der Waals surface area contributed by atoms with Crippen LogP contribution in [0.15, 0.2) is 12.1 Å². The van der Waals surface area contributed by atoms with E-state index in [0.717, 1.165) is 47.0 Å². The van der Waals surface area contributed by atoms with Crippen LogP contribution in [0, 0.1) is 23.6 Å². The summed E-state index contributed by atoms with van der Waals surface area (Å²) in [5, 5.41) is 0.0671. The number of carbonyl (C=O) groups is 1. The van der Waals surface area contributed by atoms with Crippen molar-refractivity contribution in [2.45, 2.75) is 51.4 Å². The van der Waals surface area contributed by atoms with Gasteiger partial charge in [0.25, 0.3) is 5.91 Å². The lowest BCUT2D eigenvalue weighted by molar-refractivity contribution is 0.0718. The van der Waals surface area contributed by atoms with Gasteiger partial charge in [-0.3, -0.25) is 4.79 Å². The molecule has 0 aromatic heterocycles. The van der Waals surface area contributed by atoms with E-state index in [1.54, 1.807) is 0 Å². The van der Waals surface area contributed by atoms with E-state index in [9.17, 15) is 17.6 Å². The maximum absolute atomic E-state index is 14.6. The molecule has 1 saturated heterocycles. The Kier molecular flexibility index (Phi) is 8.15. The number of hydrogen-bond acceptors (Lipinski definition) is 5. The molecule has 0 radical (unpaired) electrons. The van der Waals surface area contributed by atoms with Crippen LogP contribution in [0.5, 0.6) is 5.75 Å². The van der Waals surface area contributed by atoms with Gasteiger partial charge in [0.2, 0.25) is 0 Å². The van der Waals surface area contributed by atoms with Crippen molar-refractivity contribution in [2.75, 3.05) is 32.9 Å². The van der Waals surface area contributed by atoms with Gasteiger partial charge >= 0.3 is 10.2 Å². The molecule has 0 spiro atoms. The van der Waals surface area contributed by atoms with Gasteiger partial charge in [0.1, 0.15) is 11.6 Å². The molecule has 7 nitrogen and oxygen atoms in total. The lowest BCUT2D eigenvalue weighted by Crippen LogP contribution is -2.48. The molecule has 1 aromatic rings. The fraction of sp³-hybridized carbons (Fsp3) is 0.696. The summed E-state index contributed by atoms with van der Waals surface area (Å²) >= 11 is 6.21. The number of carbonyl (C=O) groups excluding carboxylic acids is 1. The molecule has 2 atom stereocenters. The van der Waals surface area contributed by atoms with E-state index in [1.807, 2.05) is 4.72 Å². The number of halogens is 2. The minimum atomic E-state index is -4.09. The predicted molar refractivity (Wildman–Crippen MR) is 123 cm³/mol. The van der Waals surface area contributed by atoms with Gasteiger partial charge in [-0.25, -0.2) is 9.11 Å². The van der Waals surface area contributed by atoms with Crippen molar-refractivity contribution in [3.05, 3.63) is 28.5 Å². The molecule has 184 valence electrons. The molecular formula is C23H32ClFN2O5S. The van der Waals surface area contributed by atoms with Crippen LogP contribution >= 0.6 is 11.6 Å². The molecule has 1 aliphatic heterocycles. The molecule has 1 N–H and O–H groups in total. The maximum atomic E-state index is 14.6. The Morgan fingerprint density at radius 3 is 2.58 bits per heavy atom. The van der Waals surface area contributed by atoms with Crippen molar-refractivity contribution >= 4 is 27.7 Å². The number of nitrogens with zero attached hydrogens (tertiary/aromatic N) is 1. The summed E-state index contributed by atoms with van der Waals surface area (Å²) in [4.78, 5) is 12.4. The highest BCUT2D eigenvalue weighted by atomic mass is 35.5. The van der Waals surface area contributed by atoms with E-state index < -0.39 is 27.5 Å². The smallest absolute Gasteiger partial charge is 0.304 e. The number of hydrogen-bond donors (Lipinski definition) is 1. The second-order valence-electron chi connectivity index (χ2n) is 9.44.